The van der Waals surface area contributed by atoms with Gasteiger partial charge in [0.15, 0.2) is 0 Å². The molecule has 5 nitrogen and oxygen atoms in total. The van der Waals surface area contributed by atoms with Crippen LogP contribution in [0.15, 0.2) is 29.5 Å². The summed E-state index contributed by atoms with van der Waals surface area (Å²) in [7, 11) is 0. The van der Waals surface area contributed by atoms with E-state index in [2.05, 4.69) is 15.5 Å². The summed E-state index contributed by atoms with van der Waals surface area (Å²) in [5.74, 6) is -0.438. The van der Waals surface area contributed by atoms with Crippen LogP contribution in [0.3, 0.4) is 0 Å². The topological polar surface area (TPSA) is 81.0 Å². The van der Waals surface area contributed by atoms with Crippen molar-refractivity contribution in [3.8, 4) is 6.07 Å². The maximum Gasteiger partial charge on any atom is 0.254 e. The van der Waals surface area contributed by atoms with Gasteiger partial charge >= 0.3 is 0 Å². The standard InChI is InChI=1S/C12H9ClN4O/c13-9-1-2-11-10(5-9)8(6-15-11)7-16-17-12(18)3-4-14/h1-2,5-7,15H,3H2,(H,17,18)/b16-7+. The molecule has 1 amide bonds. The van der Waals surface area contributed by atoms with Gasteiger partial charge in [-0.1, -0.05) is 11.6 Å². The minimum absolute atomic E-state index is 0.211. The minimum Gasteiger partial charge on any atom is -0.361 e. The Morgan fingerprint density at radius 3 is 3.22 bits per heavy atom. The van der Waals surface area contributed by atoms with Gasteiger partial charge in [-0.3, -0.25) is 4.79 Å². The maximum absolute atomic E-state index is 11.0. The molecule has 1 heterocycles. The van der Waals surface area contributed by atoms with Crippen LogP contribution in [-0.2, 0) is 4.79 Å². The van der Waals surface area contributed by atoms with Crippen molar-refractivity contribution in [2.75, 3.05) is 0 Å². The second kappa shape index (κ2) is 5.34. The molecule has 18 heavy (non-hydrogen) atoms. The maximum atomic E-state index is 11.0. The molecule has 0 saturated carbocycles. The van der Waals surface area contributed by atoms with Gasteiger partial charge in [0.05, 0.1) is 12.3 Å². The summed E-state index contributed by atoms with van der Waals surface area (Å²) in [6, 6.07) is 7.20. The van der Waals surface area contributed by atoms with Crippen LogP contribution in [0.4, 0.5) is 0 Å². The number of aromatic nitrogens is 1. The number of carbonyl (C=O) groups is 1. The third kappa shape index (κ3) is 2.67. The Bertz CT molecular complexity index is 654. The van der Waals surface area contributed by atoms with Crippen LogP contribution in [-0.4, -0.2) is 17.1 Å². The lowest BCUT2D eigenvalue weighted by atomic mass is 10.2. The lowest BCUT2D eigenvalue weighted by Crippen LogP contribution is -2.16. The van der Waals surface area contributed by atoms with Crippen molar-refractivity contribution in [1.82, 2.24) is 10.4 Å². The summed E-state index contributed by atoms with van der Waals surface area (Å²) < 4.78 is 0. The van der Waals surface area contributed by atoms with Crippen LogP contribution >= 0.6 is 11.6 Å². The quantitative estimate of drug-likeness (QED) is 0.655. The Kier molecular flexibility index (Phi) is 3.60. The number of hydrogen-bond donors (Lipinski definition) is 2. The summed E-state index contributed by atoms with van der Waals surface area (Å²) in [6.45, 7) is 0. The van der Waals surface area contributed by atoms with E-state index < -0.39 is 5.91 Å². The first-order valence-corrected chi connectivity index (χ1v) is 5.54. The van der Waals surface area contributed by atoms with Gasteiger partial charge in [-0.25, -0.2) is 5.43 Å². The molecular weight excluding hydrogens is 252 g/mol. The van der Waals surface area contributed by atoms with Gasteiger partial charge in [-0.2, -0.15) is 10.4 Å². The summed E-state index contributed by atoms with van der Waals surface area (Å²) >= 11 is 5.91. The molecule has 2 N–H and O–H groups in total. The third-order valence-electron chi connectivity index (χ3n) is 2.31. The highest BCUT2D eigenvalue weighted by Crippen LogP contribution is 2.21. The first-order chi connectivity index (χ1) is 8.70. The molecule has 1 aromatic carbocycles. The average molecular weight is 261 g/mol. The van der Waals surface area contributed by atoms with Gasteiger partial charge in [0.25, 0.3) is 5.91 Å². The fourth-order valence-electron chi connectivity index (χ4n) is 1.51. The number of halogens is 1. The molecule has 0 aliphatic carbocycles. The van der Waals surface area contributed by atoms with E-state index in [4.69, 9.17) is 16.9 Å². The smallest absolute Gasteiger partial charge is 0.254 e. The fraction of sp³-hybridized carbons (Fsp3) is 0.0833. The van der Waals surface area contributed by atoms with Crippen LogP contribution < -0.4 is 5.43 Å². The molecule has 2 aromatic rings. The van der Waals surface area contributed by atoms with E-state index in [0.29, 0.717) is 5.02 Å². The Morgan fingerprint density at radius 1 is 1.61 bits per heavy atom. The summed E-state index contributed by atoms with van der Waals surface area (Å²) in [5.41, 5.74) is 4.01. The predicted octanol–water partition coefficient (Wildman–Crippen LogP) is 2.19. The lowest BCUT2D eigenvalue weighted by molar-refractivity contribution is -0.120. The van der Waals surface area contributed by atoms with E-state index >= 15 is 0 Å². The number of H-pyrrole nitrogens is 1. The number of hydrazone groups is 1. The zero-order chi connectivity index (χ0) is 13.0. The van der Waals surface area contributed by atoms with Gasteiger partial charge in [0.2, 0.25) is 0 Å². The zero-order valence-electron chi connectivity index (χ0n) is 9.27. The molecule has 0 radical (unpaired) electrons. The van der Waals surface area contributed by atoms with Crippen LogP contribution in [0.1, 0.15) is 12.0 Å². The van der Waals surface area contributed by atoms with Gasteiger partial charge in [-0.05, 0) is 18.2 Å². The van der Waals surface area contributed by atoms with Crippen molar-refractivity contribution in [2.24, 2.45) is 5.10 Å². The van der Waals surface area contributed by atoms with Crippen molar-refractivity contribution in [1.29, 1.82) is 5.26 Å². The van der Waals surface area contributed by atoms with Gasteiger partial charge in [0.1, 0.15) is 6.42 Å². The highest BCUT2D eigenvalue weighted by molar-refractivity contribution is 6.31. The van der Waals surface area contributed by atoms with E-state index in [-0.39, 0.29) is 6.42 Å². The lowest BCUT2D eigenvalue weighted by Gasteiger charge is -1.94. The fourth-order valence-corrected chi connectivity index (χ4v) is 1.68. The summed E-state index contributed by atoms with van der Waals surface area (Å²) in [6.07, 6.45) is 3.06. The molecule has 0 aliphatic heterocycles. The predicted molar refractivity (Wildman–Crippen MR) is 69.3 cm³/mol. The average Bonchev–Trinajstić information content (AvgIpc) is 2.72. The molecule has 90 valence electrons. The molecule has 1 aromatic heterocycles. The molecule has 0 atom stereocenters. The molecule has 2 rings (SSSR count). The number of amides is 1. The van der Waals surface area contributed by atoms with Crippen molar-refractivity contribution in [3.63, 3.8) is 0 Å². The first kappa shape index (κ1) is 12.1. The van der Waals surface area contributed by atoms with Crippen LogP contribution in [0.5, 0.6) is 0 Å². The second-order valence-electron chi connectivity index (χ2n) is 3.56. The van der Waals surface area contributed by atoms with Crippen LogP contribution in [0.2, 0.25) is 5.02 Å². The van der Waals surface area contributed by atoms with E-state index in [1.165, 1.54) is 6.21 Å². The third-order valence-corrected chi connectivity index (χ3v) is 2.54. The van der Waals surface area contributed by atoms with E-state index in [1.54, 1.807) is 18.3 Å². The molecule has 0 fully saturated rings. The SMILES string of the molecule is N#CCC(=O)N/N=C/c1c[nH]c2ccc(Cl)cc12. The molecule has 0 saturated heterocycles. The normalized spacial score (nSPS) is 10.7. The number of hydrogen-bond acceptors (Lipinski definition) is 3. The summed E-state index contributed by atoms with van der Waals surface area (Å²) in [4.78, 5) is 14.1. The van der Waals surface area contributed by atoms with Gasteiger partial charge in [-0.15, -0.1) is 0 Å². The van der Waals surface area contributed by atoms with Gasteiger partial charge in [0, 0.05) is 27.7 Å². The van der Waals surface area contributed by atoms with Crippen LogP contribution in [0.25, 0.3) is 10.9 Å². The molecule has 0 bridgehead atoms. The number of nitrogens with zero attached hydrogens (tertiary/aromatic N) is 2. The van der Waals surface area contributed by atoms with E-state index in [9.17, 15) is 4.79 Å². The second-order valence-corrected chi connectivity index (χ2v) is 4.00. The number of nitrogens with one attached hydrogen (secondary N) is 2. The molecule has 0 spiro atoms. The number of rotatable bonds is 3. The highest BCUT2D eigenvalue weighted by atomic mass is 35.5. The Hall–Kier alpha value is -2.32. The molecule has 0 unspecified atom stereocenters. The number of aromatic amines is 1. The van der Waals surface area contributed by atoms with E-state index in [0.717, 1.165) is 16.5 Å². The summed E-state index contributed by atoms with van der Waals surface area (Å²) in [5, 5.41) is 13.6. The highest BCUT2D eigenvalue weighted by Gasteiger charge is 2.02. The minimum atomic E-state index is -0.438. The first-order valence-electron chi connectivity index (χ1n) is 5.16. The van der Waals surface area contributed by atoms with E-state index in [1.807, 2.05) is 12.1 Å². The molecule has 6 heteroatoms. The monoisotopic (exact) mass is 260 g/mol. The van der Waals surface area contributed by atoms with Crippen molar-refractivity contribution in [2.45, 2.75) is 6.42 Å². The van der Waals surface area contributed by atoms with Crippen molar-refractivity contribution < 1.29 is 4.79 Å². The van der Waals surface area contributed by atoms with Gasteiger partial charge < -0.3 is 4.98 Å². The van der Waals surface area contributed by atoms with Crippen LogP contribution in [0, 0.1) is 11.3 Å². The Balaban J connectivity index is 2.17. The largest absolute Gasteiger partial charge is 0.361 e. The Labute approximate surface area is 108 Å². The van der Waals surface area contributed by atoms with Crippen molar-refractivity contribution >= 4 is 34.6 Å². The zero-order valence-corrected chi connectivity index (χ0v) is 10.0. The number of carbonyl (C=O) groups excluding carboxylic acids is 1. The number of benzene rings is 1. The Morgan fingerprint density at radius 2 is 2.44 bits per heavy atom. The number of nitriles is 1. The number of fused-ring (bicyclic) bond motifs is 1. The van der Waals surface area contributed by atoms with Crippen molar-refractivity contribution in [3.05, 3.63) is 35.0 Å². The molecular formula is C12H9ClN4O. The molecule has 0 aliphatic rings.